The number of Topliss-reactive ketones (excluding diaryl/α,β-unsaturated/α-hetero) is 1. The lowest BCUT2D eigenvalue weighted by molar-refractivity contribution is -0.160. The van der Waals surface area contributed by atoms with Crippen molar-refractivity contribution < 1.29 is 77.9 Å². The van der Waals surface area contributed by atoms with E-state index < -0.39 is 129 Å². The number of methoxy groups -OCH3 is 2. The van der Waals surface area contributed by atoms with Crippen molar-refractivity contribution in [3.05, 3.63) is 86.7 Å². The van der Waals surface area contributed by atoms with Crippen LogP contribution < -0.4 is 25.1 Å². The number of aromatic hydroxyl groups is 3. The van der Waals surface area contributed by atoms with Crippen LogP contribution in [0.3, 0.4) is 0 Å². The summed E-state index contributed by atoms with van der Waals surface area (Å²) in [5.41, 5.74) is -1.94. The van der Waals surface area contributed by atoms with Gasteiger partial charge in [-0.25, -0.2) is 9.18 Å². The van der Waals surface area contributed by atoms with E-state index in [1.54, 1.807) is 55.2 Å². The number of carboxylic acid groups (broad SMARTS) is 1. The number of hydrazone groups is 1. The van der Waals surface area contributed by atoms with Gasteiger partial charge in [-0.05, 0) is 45.8 Å². The van der Waals surface area contributed by atoms with Gasteiger partial charge in [0.05, 0.1) is 83.6 Å². The van der Waals surface area contributed by atoms with Crippen molar-refractivity contribution in [2.45, 2.75) is 117 Å². The topological polar surface area (TPSA) is 289 Å². The first kappa shape index (κ1) is 57.5. The van der Waals surface area contributed by atoms with Crippen molar-refractivity contribution in [2.24, 2.45) is 28.8 Å². The maximum absolute atomic E-state index is 16.4. The van der Waals surface area contributed by atoms with Crippen LogP contribution in [0.15, 0.2) is 58.3 Å². The second-order valence-electron chi connectivity index (χ2n) is 21.3. The predicted molar refractivity (Wildman–Crippen MR) is 290 cm³/mol. The highest BCUT2D eigenvalue weighted by Gasteiger charge is 2.50. The lowest BCUT2D eigenvalue weighted by Crippen LogP contribution is -2.50. The Bertz CT molecular complexity index is 3330. The number of halogens is 1. The van der Waals surface area contributed by atoms with Gasteiger partial charge in [-0.3, -0.25) is 24.2 Å². The number of benzene rings is 3. The number of phenolic OH excluding ortho intramolecular Hbond substituents is 3. The molecular weight excluding hydrogens is 1030 g/mol. The molecule has 7 N–H and O–H groups in total. The van der Waals surface area contributed by atoms with E-state index >= 15 is 4.39 Å². The molecule has 5 heterocycles. The minimum absolute atomic E-state index is 0.0232. The number of nitrogens with one attached hydrogen (secondary N) is 1. The number of carboxylic acids is 1. The van der Waals surface area contributed by atoms with Gasteiger partial charge in [0, 0.05) is 86.5 Å². The third-order valence-corrected chi connectivity index (χ3v) is 15.9. The van der Waals surface area contributed by atoms with Gasteiger partial charge in [-0.1, -0.05) is 45.9 Å². The standard InChI is InChI=1S/C57H68FN5O16/c1-25-13-12-14-26(2)55(72)60-42-35(22-59-63-19-18-61(23-27(63)3)44-37(58)21-34-43(53(44)76-11)62(33-15-16-33)24-36(48(34)68)56(73)74)49(69)39-40(50(42)70)47(67)31(7)52-41(39)54(71)57(9,79-52)77-20-17-38(75-10)28(4)51(78-32(8)64)30(6)46(66)29(5)45(25)65/h12-14,17,20-22,24-25,27-30,33,38,45-46,51,65-67,69-70H,15-16,18-19,23H2,1-11H3,(H,60,72)(H,73,74)/t25-,27?,28+,29+,30+,38-,45-,46+,51+,57-/m0/s1. The zero-order chi connectivity index (χ0) is 57.8. The monoisotopic (exact) mass is 1100 g/mol. The minimum Gasteiger partial charge on any atom is -0.507 e. The molecule has 4 aliphatic heterocycles. The summed E-state index contributed by atoms with van der Waals surface area (Å²) in [5, 5.41) is 77.6. The quantitative estimate of drug-likeness (QED) is 0.0413. The molecule has 22 heteroatoms. The molecule has 3 aromatic carbocycles. The highest BCUT2D eigenvalue weighted by Crippen LogP contribution is 2.55. The van der Waals surface area contributed by atoms with Crippen molar-refractivity contribution in [3.8, 4) is 28.7 Å². The van der Waals surface area contributed by atoms with E-state index in [1.807, 2.05) is 0 Å². The van der Waals surface area contributed by atoms with E-state index in [9.17, 15) is 54.6 Å². The average molecular weight is 1100 g/mol. The number of rotatable bonds is 8. The fourth-order valence-electron chi connectivity index (χ4n) is 11.1. The number of anilines is 2. The Labute approximate surface area is 454 Å². The molecule has 424 valence electrons. The fourth-order valence-corrected chi connectivity index (χ4v) is 11.1. The van der Waals surface area contributed by atoms with E-state index in [2.05, 4.69) is 5.32 Å². The highest BCUT2D eigenvalue weighted by molar-refractivity contribution is 6.24. The molecule has 1 aliphatic carbocycles. The Morgan fingerprint density at radius 3 is 2.25 bits per heavy atom. The number of amides is 1. The van der Waals surface area contributed by atoms with Crippen molar-refractivity contribution >= 4 is 62.9 Å². The number of aliphatic hydroxyl groups is 2. The number of aromatic nitrogens is 1. The SMILES string of the molecule is COc1c(N2CCN(N=Cc3c4c(O)c5c(O)c(C)c6c(c5c3O)C(=O)[C@@](C)(OC=C[C@H](OC)[C@@H](C)[C@@H](OC(C)=O)[C@H](C)[C@H](O)[C@H](C)[C@@H](O)[C@@H](C)C=CC=C(C)C(=O)N4)O6)C(C)C2)c(F)cc2c(=O)c(C(=O)O)cn(C3CC3)c12. The highest BCUT2D eigenvalue weighted by atomic mass is 19.1. The number of esters is 1. The number of ketones is 1. The molecule has 1 saturated carbocycles. The number of aliphatic hydroxyl groups excluding tert-OH is 2. The first-order valence-corrected chi connectivity index (χ1v) is 26.1. The molecule has 2 fully saturated rings. The van der Waals surface area contributed by atoms with Crippen LogP contribution in [0, 0.1) is 36.4 Å². The number of phenols is 3. The zero-order valence-electron chi connectivity index (χ0n) is 45.9. The van der Waals surface area contributed by atoms with Gasteiger partial charge in [0.25, 0.3) is 11.7 Å². The number of nitrogens with zero attached hydrogens (tertiary/aromatic N) is 4. The molecule has 21 nitrogen and oxygen atoms in total. The van der Waals surface area contributed by atoms with Crippen LogP contribution in [0.2, 0.25) is 0 Å². The number of carbonyl (C=O) groups is 4. The summed E-state index contributed by atoms with van der Waals surface area (Å²) >= 11 is 0. The Morgan fingerprint density at radius 2 is 1.63 bits per heavy atom. The number of allylic oxidation sites excluding steroid dienone is 2. The molecule has 1 aromatic heterocycles. The van der Waals surface area contributed by atoms with Gasteiger partial charge in [0.2, 0.25) is 5.43 Å². The Morgan fingerprint density at radius 1 is 0.937 bits per heavy atom. The lowest BCUT2D eigenvalue weighted by atomic mass is 9.78. The zero-order valence-corrected chi connectivity index (χ0v) is 45.9. The van der Waals surface area contributed by atoms with E-state index in [0.29, 0.717) is 0 Å². The van der Waals surface area contributed by atoms with Crippen LogP contribution in [-0.4, -0.2) is 140 Å². The van der Waals surface area contributed by atoms with E-state index in [0.717, 1.165) is 25.2 Å². The number of carbonyl (C=O) groups excluding carboxylic acids is 3. The lowest BCUT2D eigenvalue weighted by Gasteiger charge is -2.40. The molecule has 79 heavy (non-hydrogen) atoms. The summed E-state index contributed by atoms with van der Waals surface area (Å²) in [6.07, 6.45) is 6.98. The summed E-state index contributed by atoms with van der Waals surface area (Å²) in [6, 6.07) is 0.391. The van der Waals surface area contributed by atoms with Crippen molar-refractivity contribution in [3.63, 3.8) is 0 Å². The Kier molecular flexibility index (Phi) is 16.2. The molecule has 1 saturated heterocycles. The molecule has 1 amide bonds. The number of aromatic carboxylic acids is 1. The molecule has 1 unspecified atom stereocenters. The molecule has 9 rings (SSSR count). The number of fused-ring (bicyclic) bond motifs is 15. The summed E-state index contributed by atoms with van der Waals surface area (Å²) in [6.45, 7) is 14.4. The van der Waals surface area contributed by atoms with E-state index in [4.69, 9.17) is 28.8 Å². The summed E-state index contributed by atoms with van der Waals surface area (Å²) in [5.74, 6) is -11.6. The largest absolute Gasteiger partial charge is 0.507 e. The van der Waals surface area contributed by atoms with Crippen LogP contribution in [0.1, 0.15) is 106 Å². The van der Waals surface area contributed by atoms with Gasteiger partial charge in [-0.15, -0.1) is 0 Å². The van der Waals surface area contributed by atoms with Gasteiger partial charge in [0.15, 0.2) is 17.3 Å². The number of piperazine rings is 1. The molecule has 0 radical (unpaired) electrons. The maximum atomic E-state index is 16.4. The first-order valence-electron chi connectivity index (χ1n) is 26.1. The molecule has 4 aromatic rings. The summed E-state index contributed by atoms with van der Waals surface area (Å²) in [4.78, 5) is 68.5. The normalized spacial score (nSPS) is 27.1. The van der Waals surface area contributed by atoms with Gasteiger partial charge < -0.3 is 69.1 Å². The molecular formula is C57H68FN5O16. The Hall–Kier alpha value is -7.69. The van der Waals surface area contributed by atoms with Crippen LogP contribution >= 0.6 is 0 Å². The Balaban J connectivity index is 1.21. The number of ether oxygens (including phenoxy) is 5. The van der Waals surface area contributed by atoms with Gasteiger partial charge in [-0.2, -0.15) is 5.10 Å². The molecule has 5 bridgehead atoms. The second-order valence-corrected chi connectivity index (χ2v) is 21.3. The maximum Gasteiger partial charge on any atom is 0.341 e. The van der Waals surface area contributed by atoms with Gasteiger partial charge >= 0.3 is 17.7 Å². The molecule has 0 spiro atoms. The third kappa shape index (κ3) is 10.4. The predicted octanol–water partition coefficient (Wildman–Crippen LogP) is 6.79. The number of hydrogen-bond donors (Lipinski definition) is 7. The smallest absolute Gasteiger partial charge is 0.341 e. The van der Waals surface area contributed by atoms with Crippen LogP contribution in [0.5, 0.6) is 28.7 Å². The van der Waals surface area contributed by atoms with E-state index in [1.165, 1.54) is 72.6 Å². The molecule has 5 aliphatic rings. The van der Waals surface area contributed by atoms with Crippen molar-refractivity contribution in [1.82, 2.24) is 9.58 Å². The van der Waals surface area contributed by atoms with Crippen molar-refractivity contribution in [1.29, 1.82) is 0 Å². The van der Waals surface area contributed by atoms with Gasteiger partial charge in [0.1, 0.15) is 34.6 Å². The number of hydrogen-bond acceptors (Lipinski definition) is 18. The average Bonchev–Trinajstić information content (AvgIpc) is 4.33. The third-order valence-electron chi connectivity index (χ3n) is 15.9. The van der Waals surface area contributed by atoms with Crippen LogP contribution in [-0.2, 0) is 23.8 Å². The van der Waals surface area contributed by atoms with Crippen LogP contribution in [0.25, 0.3) is 21.7 Å². The van der Waals surface area contributed by atoms with Crippen molar-refractivity contribution in [2.75, 3.05) is 44.1 Å². The minimum atomic E-state index is -2.15. The van der Waals surface area contributed by atoms with E-state index in [-0.39, 0.29) is 81.4 Å². The summed E-state index contributed by atoms with van der Waals surface area (Å²) < 4.78 is 47.6. The second kappa shape index (κ2) is 22.2. The first-order chi connectivity index (χ1) is 37.3. The summed E-state index contributed by atoms with van der Waals surface area (Å²) in [7, 11) is 2.75. The molecule has 10 atom stereocenters. The fraction of sp³-hybridized carbons (Fsp3) is 0.474. The van der Waals surface area contributed by atoms with Crippen LogP contribution in [0.4, 0.5) is 15.8 Å². The number of pyridine rings is 1.